The van der Waals surface area contributed by atoms with Crippen LogP contribution in [-0.2, 0) is 0 Å². The van der Waals surface area contributed by atoms with Gasteiger partial charge in [-0.3, -0.25) is 0 Å². The fourth-order valence-corrected chi connectivity index (χ4v) is 4.97. The van der Waals surface area contributed by atoms with E-state index in [9.17, 15) is 13.2 Å². The Balaban J connectivity index is 1.57. The summed E-state index contributed by atoms with van der Waals surface area (Å²) in [5, 5.41) is 0. The van der Waals surface area contributed by atoms with Gasteiger partial charge in [-0.15, -0.1) is 0 Å². The highest BCUT2D eigenvalue weighted by Crippen LogP contribution is 2.40. The molecule has 0 N–H and O–H groups in total. The number of aryl methyl sites for hydroxylation is 1. The van der Waals surface area contributed by atoms with E-state index < -0.39 is 23.3 Å². The molecule has 0 aromatic heterocycles. The molecule has 3 aromatic carbocycles. The van der Waals surface area contributed by atoms with E-state index in [1.54, 1.807) is 36.4 Å². The van der Waals surface area contributed by atoms with Crippen molar-refractivity contribution in [3.63, 3.8) is 0 Å². The van der Waals surface area contributed by atoms with Crippen LogP contribution in [0, 0.1) is 36.1 Å². The first-order valence-electron chi connectivity index (χ1n) is 11.4. The van der Waals surface area contributed by atoms with Crippen molar-refractivity contribution >= 4 is 0 Å². The van der Waals surface area contributed by atoms with Gasteiger partial charge in [-0.05, 0) is 66.7 Å². The minimum Gasteiger partial charge on any atom is -0.203 e. The third-order valence-corrected chi connectivity index (χ3v) is 6.88. The van der Waals surface area contributed by atoms with E-state index in [1.165, 1.54) is 25.5 Å². The molecule has 0 unspecified atom stereocenters. The smallest absolute Gasteiger partial charge is 0.166 e. The molecule has 1 aliphatic rings. The van der Waals surface area contributed by atoms with Gasteiger partial charge in [-0.25, -0.2) is 17.6 Å². The van der Waals surface area contributed by atoms with Crippen molar-refractivity contribution < 1.29 is 17.6 Å². The van der Waals surface area contributed by atoms with Crippen LogP contribution in [0.2, 0.25) is 0 Å². The molecular formula is C28H28F4. The first-order chi connectivity index (χ1) is 15.4. The van der Waals surface area contributed by atoms with Gasteiger partial charge in [0, 0.05) is 11.1 Å². The van der Waals surface area contributed by atoms with Gasteiger partial charge in [0.05, 0.1) is 0 Å². The standard InChI is InChI=1S/C28H28F4/c1-3-4-18-6-8-19(9-7-18)23-15-16-24(28(32)27(23)31)21-12-10-20(11-13-21)22-14-5-17(2)25(29)26(22)30/h5,10-16,18-19H,3-4,6-9H2,1-2H3. The van der Waals surface area contributed by atoms with E-state index in [2.05, 4.69) is 6.92 Å². The lowest BCUT2D eigenvalue weighted by Gasteiger charge is -2.29. The van der Waals surface area contributed by atoms with Gasteiger partial charge >= 0.3 is 0 Å². The molecular weight excluding hydrogens is 412 g/mol. The number of hydrogen-bond acceptors (Lipinski definition) is 0. The SMILES string of the molecule is CCCC1CCC(c2ccc(-c3ccc(-c4ccc(C)c(F)c4F)cc3)c(F)c2F)CC1. The van der Waals surface area contributed by atoms with Crippen LogP contribution in [0.15, 0.2) is 48.5 Å². The fourth-order valence-electron chi connectivity index (χ4n) is 4.97. The Morgan fingerprint density at radius 1 is 0.656 bits per heavy atom. The van der Waals surface area contributed by atoms with Crippen LogP contribution in [0.3, 0.4) is 0 Å². The lowest BCUT2D eigenvalue weighted by Crippen LogP contribution is -2.14. The highest BCUT2D eigenvalue weighted by molar-refractivity contribution is 5.71. The van der Waals surface area contributed by atoms with Crippen LogP contribution in [0.25, 0.3) is 22.3 Å². The molecule has 0 saturated heterocycles. The van der Waals surface area contributed by atoms with Gasteiger partial charge in [0.2, 0.25) is 0 Å². The topological polar surface area (TPSA) is 0 Å². The molecule has 0 amide bonds. The maximum Gasteiger partial charge on any atom is 0.166 e. The second-order valence-corrected chi connectivity index (χ2v) is 8.97. The van der Waals surface area contributed by atoms with Crippen LogP contribution in [0.4, 0.5) is 17.6 Å². The highest BCUT2D eigenvalue weighted by Gasteiger charge is 2.26. The predicted octanol–water partition coefficient (Wildman–Crippen LogP) is 8.96. The van der Waals surface area contributed by atoms with Crippen molar-refractivity contribution in [1.82, 2.24) is 0 Å². The molecule has 168 valence electrons. The van der Waals surface area contributed by atoms with Crippen molar-refractivity contribution in [1.29, 1.82) is 0 Å². The summed E-state index contributed by atoms with van der Waals surface area (Å²) in [5.74, 6) is -2.63. The maximum absolute atomic E-state index is 15.0. The van der Waals surface area contributed by atoms with Gasteiger partial charge in [0.15, 0.2) is 23.3 Å². The van der Waals surface area contributed by atoms with Crippen molar-refractivity contribution in [3.05, 3.63) is 82.9 Å². The molecule has 1 fully saturated rings. The highest BCUT2D eigenvalue weighted by atomic mass is 19.2. The average Bonchev–Trinajstić information content (AvgIpc) is 2.81. The van der Waals surface area contributed by atoms with Crippen molar-refractivity contribution in [2.75, 3.05) is 0 Å². The molecule has 0 bridgehead atoms. The third kappa shape index (κ3) is 4.32. The van der Waals surface area contributed by atoms with Gasteiger partial charge < -0.3 is 0 Å². The van der Waals surface area contributed by atoms with Gasteiger partial charge in [0.1, 0.15) is 0 Å². The van der Waals surface area contributed by atoms with E-state index in [-0.39, 0.29) is 22.6 Å². The normalized spacial score (nSPS) is 18.7. The zero-order chi connectivity index (χ0) is 22.8. The Bertz CT molecular complexity index is 1090. The summed E-state index contributed by atoms with van der Waals surface area (Å²) in [6.07, 6.45) is 6.30. The molecule has 0 nitrogen and oxygen atoms in total. The zero-order valence-corrected chi connectivity index (χ0v) is 18.5. The van der Waals surface area contributed by atoms with E-state index in [0.717, 1.165) is 32.1 Å². The summed E-state index contributed by atoms with van der Waals surface area (Å²) >= 11 is 0. The summed E-state index contributed by atoms with van der Waals surface area (Å²) in [7, 11) is 0. The van der Waals surface area contributed by atoms with Crippen LogP contribution >= 0.6 is 0 Å². The third-order valence-electron chi connectivity index (χ3n) is 6.88. The zero-order valence-electron chi connectivity index (χ0n) is 18.5. The summed E-state index contributed by atoms with van der Waals surface area (Å²) in [6, 6.07) is 12.8. The summed E-state index contributed by atoms with van der Waals surface area (Å²) in [5.41, 5.74) is 1.99. The molecule has 3 aromatic rings. The maximum atomic E-state index is 15.0. The molecule has 0 aliphatic heterocycles. The molecule has 4 heteroatoms. The van der Waals surface area contributed by atoms with E-state index in [1.807, 2.05) is 0 Å². The second kappa shape index (κ2) is 9.48. The Kier molecular flexibility index (Phi) is 6.68. The Hall–Kier alpha value is -2.62. The van der Waals surface area contributed by atoms with Crippen LogP contribution in [-0.4, -0.2) is 0 Å². The molecule has 0 radical (unpaired) electrons. The quantitative estimate of drug-likeness (QED) is 0.347. The largest absolute Gasteiger partial charge is 0.203 e. The summed E-state index contributed by atoms with van der Waals surface area (Å²) in [4.78, 5) is 0. The lowest BCUT2D eigenvalue weighted by atomic mass is 9.77. The second-order valence-electron chi connectivity index (χ2n) is 8.97. The molecule has 1 saturated carbocycles. The molecule has 0 heterocycles. The van der Waals surface area contributed by atoms with E-state index in [0.29, 0.717) is 22.6 Å². The predicted molar refractivity (Wildman–Crippen MR) is 121 cm³/mol. The number of benzene rings is 3. The van der Waals surface area contributed by atoms with Gasteiger partial charge in [-0.1, -0.05) is 68.3 Å². The monoisotopic (exact) mass is 440 g/mol. The molecule has 4 rings (SSSR count). The molecule has 32 heavy (non-hydrogen) atoms. The Labute approximate surface area is 187 Å². The van der Waals surface area contributed by atoms with Gasteiger partial charge in [-0.2, -0.15) is 0 Å². The Morgan fingerprint density at radius 2 is 1.19 bits per heavy atom. The molecule has 0 atom stereocenters. The average molecular weight is 441 g/mol. The van der Waals surface area contributed by atoms with Crippen LogP contribution in [0.1, 0.15) is 62.5 Å². The lowest BCUT2D eigenvalue weighted by molar-refractivity contribution is 0.303. The first kappa shape index (κ1) is 22.6. The fraction of sp³-hybridized carbons (Fsp3) is 0.357. The summed E-state index contributed by atoms with van der Waals surface area (Å²) in [6.45, 7) is 3.69. The number of halogens is 4. The Morgan fingerprint density at radius 3 is 1.75 bits per heavy atom. The van der Waals surface area contributed by atoms with Gasteiger partial charge in [0.25, 0.3) is 0 Å². The van der Waals surface area contributed by atoms with Crippen molar-refractivity contribution in [2.24, 2.45) is 5.92 Å². The van der Waals surface area contributed by atoms with E-state index in [4.69, 9.17) is 0 Å². The molecule has 1 aliphatic carbocycles. The number of rotatable bonds is 5. The minimum atomic E-state index is -0.909. The number of hydrogen-bond donors (Lipinski definition) is 0. The van der Waals surface area contributed by atoms with Crippen LogP contribution < -0.4 is 0 Å². The summed E-state index contributed by atoms with van der Waals surface area (Å²) < 4.78 is 58.2. The van der Waals surface area contributed by atoms with E-state index >= 15 is 4.39 Å². The molecule has 0 spiro atoms. The first-order valence-corrected chi connectivity index (χ1v) is 11.4. The van der Waals surface area contributed by atoms with Crippen molar-refractivity contribution in [2.45, 2.75) is 58.3 Å². The van der Waals surface area contributed by atoms with Crippen molar-refractivity contribution in [3.8, 4) is 22.3 Å². The van der Waals surface area contributed by atoms with Crippen LogP contribution in [0.5, 0.6) is 0 Å². The minimum absolute atomic E-state index is 0.0634.